The number of carbonyl (C=O) groups excluding carboxylic acids is 1. The highest BCUT2D eigenvalue weighted by Crippen LogP contribution is 2.35. The third-order valence-electron chi connectivity index (χ3n) is 6.10. The van der Waals surface area contributed by atoms with Crippen LogP contribution in [-0.2, 0) is 34.0 Å². The number of carbonyl (C=O) groups is 1. The van der Waals surface area contributed by atoms with Crippen LogP contribution in [-0.4, -0.2) is 55.2 Å². The van der Waals surface area contributed by atoms with Gasteiger partial charge in [-0.1, -0.05) is 12.6 Å². The number of nitrogens with zero attached hydrogens (tertiary/aromatic N) is 4. The Balaban J connectivity index is 1.53. The first-order valence-electron chi connectivity index (χ1n) is 12.0. The molecule has 3 heterocycles. The first-order chi connectivity index (χ1) is 18.8. The predicted octanol–water partition coefficient (Wildman–Crippen LogP) is 3.28. The first-order valence-corrected chi connectivity index (χ1v) is 13.8. The second-order valence-electron chi connectivity index (χ2n) is 9.02. The lowest BCUT2D eigenvalue weighted by atomic mass is 10.1. The monoisotopic (exact) mass is 576 g/mol. The van der Waals surface area contributed by atoms with Gasteiger partial charge < -0.3 is 21.3 Å². The SMILES string of the molecule is C=CC(=O)NC[C@@H]1Cc2cc(Nc3ncc(C(F)(F)F)c(NCc4cccnc4N(C)S(C)(=O)=O)n3)ccc2N1. The van der Waals surface area contributed by atoms with Crippen molar-refractivity contribution < 1.29 is 26.4 Å². The number of hydrogen-bond acceptors (Lipinski definition) is 9. The molecule has 0 radical (unpaired) electrons. The molecule has 15 heteroatoms. The molecule has 2 aromatic heterocycles. The van der Waals surface area contributed by atoms with Crippen molar-refractivity contribution in [2.24, 2.45) is 0 Å². The highest BCUT2D eigenvalue weighted by atomic mass is 32.2. The minimum absolute atomic E-state index is 0.0219. The van der Waals surface area contributed by atoms with Crippen molar-refractivity contribution in [3.05, 3.63) is 72.1 Å². The van der Waals surface area contributed by atoms with Gasteiger partial charge in [0.1, 0.15) is 17.2 Å². The van der Waals surface area contributed by atoms with Gasteiger partial charge in [0.25, 0.3) is 0 Å². The molecule has 0 saturated carbocycles. The van der Waals surface area contributed by atoms with Crippen LogP contribution >= 0.6 is 0 Å². The number of amides is 1. The Morgan fingerprint density at radius 2 is 2.05 bits per heavy atom. The van der Waals surface area contributed by atoms with E-state index in [0.29, 0.717) is 30.4 Å². The molecule has 0 fully saturated rings. The zero-order chi connectivity index (χ0) is 29.1. The molecule has 11 nitrogen and oxygen atoms in total. The van der Waals surface area contributed by atoms with Crippen molar-refractivity contribution in [3.8, 4) is 0 Å². The van der Waals surface area contributed by atoms with Crippen LogP contribution in [0.5, 0.6) is 0 Å². The van der Waals surface area contributed by atoms with Crippen LogP contribution in [0, 0.1) is 0 Å². The van der Waals surface area contributed by atoms with E-state index < -0.39 is 27.6 Å². The molecule has 212 valence electrons. The number of halogens is 3. The van der Waals surface area contributed by atoms with E-state index in [4.69, 9.17) is 0 Å². The summed E-state index contributed by atoms with van der Waals surface area (Å²) < 4.78 is 66.1. The molecular weight excluding hydrogens is 549 g/mol. The minimum atomic E-state index is -4.74. The van der Waals surface area contributed by atoms with Crippen molar-refractivity contribution in [2.75, 3.05) is 40.1 Å². The van der Waals surface area contributed by atoms with E-state index in [9.17, 15) is 26.4 Å². The van der Waals surface area contributed by atoms with Gasteiger partial charge in [0.2, 0.25) is 21.9 Å². The first kappa shape index (κ1) is 28.6. The Hall–Kier alpha value is -4.40. The largest absolute Gasteiger partial charge is 0.421 e. The van der Waals surface area contributed by atoms with Crippen LogP contribution in [0.1, 0.15) is 16.7 Å². The standard InChI is InChI=1S/C25H27F3N8O3S/c1-4-21(37)30-13-18-11-16-10-17(7-8-20(16)33-18)34-24-32-14-19(25(26,27)28)22(35-24)31-12-15-6-5-9-29-23(15)36(2)40(3,38)39/h4-10,14,18,33H,1,11-13H2,2-3H3,(H,30,37)(H2,31,32,34,35)/t18-/m0/s1. The molecule has 1 aliphatic rings. The van der Waals surface area contributed by atoms with Gasteiger partial charge >= 0.3 is 6.18 Å². The van der Waals surface area contributed by atoms with Crippen LogP contribution in [0.2, 0.25) is 0 Å². The molecule has 0 aliphatic carbocycles. The second-order valence-corrected chi connectivity index (χ2v) is 11.0. The highest BCUT2D eigenvalue weighted by Gasteiger charge is 2.35. The zero-order valence-corrected chi connectivity index (χ0v) is 22.4. The van der Waals surface area contributed by atoms with Gasteiger partial charge in [-0.15, -0.1) is 0 Å². The molecule has 1 aliphatic heterocycles. The number of alkyl halides is 3. The van der Waals surface area contributed by atoms with E-state index in [1.807, 2.05) is 12.1 Å². The van der Waals surface area contributed by atoms with E-state index in [-0.39, 0.29) is 30.3 Å². The number of fused-ring (bicyclic) bond motifs is 1. The van der Waals surface area contributed by atoms with Crippen molar-refractivity contribution in [3.63, 3.8) is 0 Å². The lowest BCUT2D eigenvalue weighted by molar-refractivity contribution is -0.137. The van der Waals surface area contributed by atoms with Crippen LogP contribution in [0.25, 0.3) is 0 Å². The fraction of sp³-hybridized carbons (Fsp3) is 0.280. The maximum absolute atomic E-state index is 13.7. The number of sulfonamides is 1. The normalized spacial score (nSPS) is 14.6. The molecule has 1 amide bonds. The Kier molecular flexibility index (Phi) is 8.13. The van der Waals surface area contributed by atoms with Crippen LogP contribution in [0.15, 0.2) is 55.4 Å². The number of rotatable bonds is 10. The summed E-state index contributed by atoms with van der Waals surface area (Å²) in [7, 11) is -2.34. The fourth-order valence-corrected chi connectivity index (χ4v) is 4.52. The Bertz CT molecular complexity index is 1530. The van der Waals surface area contributed by atoms with Crippen molar-refractivity contribution in [1.82, 2.24) is 20.3 Å². The van der Waals surface area contributed by atoms with Gasteiger partial charge in [0, 0.05) is 55.5 Å². The van der Waals surface area contributed by atoms with E-state index in [1.165, 1.54) is 19.3 Å². The van der Waals surface area contributed by atoms with Gasteiger partial charge in [0.15, 0.2) is 0 Å². The van der Waals surface area contributed by atoms with E-state index in [2.05, 4.69) is 42.8 Å². The predicted molar refractivity (Wildman–Crippen MR) is 146 cm³/mol. The van der Waals surface area contributed by atoms with E-state index in [0.717, 1.165) is 21.8 Å². The van der Waals surface area contributed by atoms with E-state index in [1.54, 1.807) is 18.2 Å². The molecule has 4 N–H and O–H groups in total. The minimum Gasteiger partial charge on any atom is -0.380 e. The molecule has 1 aromatic carbocycles. The molecule has 40 heavy (non-hydrogen) atoms. The van der Waals surface area contributed by atoms with Crippen molar-refractivity contribution >= 4 is 44.9 Å². The summed E-state index contributed by atoms with van der Waals surface area (Å²) in [5.74, 6) is -0.753. The second kappa shape index (κ2) is 11.4. The van der Waals surface area contributed by atoms with Gasteiger partial charge in [-0.25, -0.2) is 18.4 Å². The summed E-state index contributed by atoms with van der Waals surface area (Å²) >= 11 is 0. The molecule has 3 aromatic rings. The Labute approximate surface area is 229 Å². The Morgan fingerprint density at radius 1 is 1.27 bits per heavy atom. The fourth-order valence-electron chi connectivity index (χ4n) is 4.04. The summed E-state index contributed by atoms with van der Waals surface area (Å²) in [6.45, 7) is 3.64. The van der Waals surface area contributed by atoms with Crippen LogP contribution in [0.4, 0.5) is 42.1 Å². The quantitative estimate of drug-likeness (QED) is 0.268. The van der Waals surface area contributed by atoms with E-state index >= 15 is 0 Å². The highest BCUT2D eigenvalue weighted by molar-refractivity contribution is 7.92. The molecule has 0 spiro atoms. The summed E-state index contributed by atoms with van der Waals surface area (Å²) in [4.78, 5) is 23.4. The third kappa shape index (κ3) is 6.77. The van der Waals surface area contributed by atoms with Gasteiger partial charge in [-0.2, -0.15) is 18.2 Å². The summed E-state index contributed by atoms with van der Waals surface area (Å²) in [6, 6.07) is 8.46. The summed E-state index contributed by atoms with van der Waals surface area (Å²) in [6.07, 6.45) is 0.146. The van der Waals surface area contributed by atoms with Crippen LogP contribution < -0.4 is 25.6 Å². The molecular formula is C25H27F3N8O3S. The van der Waals surface area contributed by atoms with Gasteiger partial charge in [0.05, 0.1) is 6.26 Å². The number of anilines is 5. The average Bonchev–Trinajstić information content (AvgIpc) is 3.31. The lowest BCUT2D eigenvalue weighted by Crippen LogP contribution is -2.34. The molecule has 0 unspecified atom stereocenters. The van der Waals surface area contributed by atoms with Crippen molar-refractivity contribution in [1.29, 1.82) is 0 Å². The van der Waals surface area contributed by atoms with Gasteiger partial charge in [-0.05, 0) is 42.3 Å². The molecule has 1 atom stereocenters. The number of hydrogen-bond donors (Lipinski definition) is 4. The molecule has 0 bridgehead atoms. The topological polar surface area (TPSA) is 141 Å². The maximum Gasteiger partial charge on any atom is 0.421 e. The lowest BCUT2D eigenvalue weighted by Gasteiger charge is -2.20. The number of pyridine rings is 1. The Morgan fingerprint density at radius 3 is 2.75 bits per heavy atom. The maximum atomic E-state index is 13.7. The number of aromatic nitrogens is 3. The van der Waals surface area contributed by atoms with Crippen LogP contribution in [0.3, 0.4) is 0 Å². The van der Waals surface area contributed by atoms with Gasteiger partial charge in [-0.3, -0.25) is 9.10 Å². The summed E-state index contributed by atoms with van der Waals surface area (Å²) in [5.41, 5.74) is 1.66. The third-order valence-corrected chi connectivity index (χ3v) is 7.27. The number of benzene rings is 1. The smallest absolute Gasteiger partial charge is 0.380 e. The molecule has 4 rings (SSSR count). The molecule has 0 saturated heterocycles. The zero-order valence-electron chi connectivity index (χ0n) is 21.6. The average molecular weight is 577 g/mol. The summed E-state index contributed by atoms with van der Waals surface area (Å²) in [5, 5.41) is 11.6. The number of nitrogens with one attached hydrogen (secondary N) is 4. The van der Waals surface area contributed by atoms with Crippen molar-refractivity contribution in [2.45, 2.75) is 25.2 Å².